The predicted molar refractivity (Wildman–Crippen MR) is 112 cm³/mol. The number of halogens is 6. The van der Waals surface area contributed by atoms with E-state index in [9.17, 15) is 31.1 Å². The number of pyridine rings is 1. The summed E-state index contributed by atoms with van der Waals surface area (Å²) in [6.07, 6.45) is -7.81. The Bertz CT molecular complexity index is 1230. The Kier molecular flexibility index (Phi) is 7.05. The maximum absolute atomic E-state index is 13.4. The van der Waals surface area contributed by atoms with Crippen LogP contribution in [0.2, 0.25) is 0 Å². The average molecular weight is 502 g/mol. The van der Waals surface area contributed by atoms with E-state index in [2.05, 4.69) is 20.5 Å². The second-order valence-electron chi connectivity index (χ2n) is 6.92. The molecule has 0 fully saturated rings. The third kappa shape index (κ3) is 5.58. The highest BCUT2D eigenvalue weighted by Crippen LogP contribution is 2.36. The van der Waals surface area contributed by atoms with Crippen LogP contribution in [0.25, 0.3) is 0 Å². The van der Waals surface area contributed by atoms with E-state index >= 15 is 0 Å². The molecule has 1 amide bonds. The van der Waals surface area contributed by atoms with Crippen molar-refractivity contribution < 1.29 is 35.9 Å². The minimum atomic E-state index is -4.91. The summed E-state index contributed by atoms with van der Waals surface area (Å²) in [4.78, 5) is 17.2. The van der Waals surface area contributed by atoms with E-state index in [4.69, 9.17) is 4.74 Å². The van der Waals surface area contributed by atoms with Crippen molar-refractivity contribution in [1.82, 2.24) is 15.2 Å². The molecule has 180 valence electrons. The molecule has 2 heterocycles. The molecule has 1 aromatic carbocycles. The van der Waals surface area contributed by atoms with Crippen molar-refractivity contribution in [2.75, 3.05) is 11.6 Å². The van der Waals surface area contributed by atoms with Crippen LogP contribution in [0, 0.1) is 13.8 Å². The highest BCUT2D eigenvalue weighted by Gasteiger charge is 2.38. The fourth-order valence-electron chi connectivity index (χ4n) is 2.92. The third-order valence-electron chi connectivity index (χ3n) is 4.54. The Labute approximate surface area is 193 Å². The van der Waals surface area contributed by atoms with E-state index in [1.807, 2.05) is 0 Å². The molecule has 6 nitrogen and oxygen atoms in total. The van der Waals surface area contributed by atoms with Gasteiger partial charge in [0.25, 0.3) is 11.8 Å². The highest BCUT2D eigenvalue weighted by atomic mass is 32.2. The fraction of sp³-hybridized carbons (Fsp3) is 0.238. The molecular weight excluding hydrogens is 486 g/mol. The van der Waals surface area contributed by atoms with E-state index in [1.165, 1.54) is 24.8 Å². The van der Waals surface area contributed by atoms with Gasteiger partial charge in [-0.3, -0.25) is 4.79 Å². The van der Waals surface area contributed by atoms with Crippen molar-refractivity contribution in [3.8, 4) is 11.6 Å². The summed E-state index contributed by atoms with van der Waals surface area (Å²) in [6.45, 7) is 2.23. The molecule has 13 heteroatoms. The number of benzene rings is 1. The second-order valence-corrected chi connectivity index (χ2v) is 7.80. The van der Waals surface area contributed by atoms with Gasteiger partial charge in [0.05, 0.1) is 5.69 Å². The molecule has 3 aromatic rings. The number of nitrogens with one attached hydrogen (secondary N) is 1. The number of alkyl halides is 6. The topological polar surface area (TPSA) is 77.0 Å². The standard InChI is InChI=1S/C21H16F6N4O2S/c1-10-16(18(32)29-12-5-4-6-13(9-12)34-3)19(31-30-17(10)21(25,26)27)33-14-7-8-15(20(22,23)24)28-11(14)2/h4-9H,1-3H3,(H,29,32). The smallest absolute Gasteiger partial charge is 0.435 e. The first kappa shape index (κ1) is 25.3. The minimum absolute atomic E-state index is 0.215. The van der Waals surface area contributed by atoms with E-state index in [0.29, 0.717) is 11.8 Å². The molecule has 34 heavy (non-hydrogen) atoms. The van der Waals surface area contributed by atoms with Crippen molar-refractivity contribution in [2.24, 2.45) is 0 Å². The maximum atomic E-state index is 13.4. The van der Waals surface area contributed by atoms with Gasteiger partial charge in [-0.15, -0.1) is 22.0 Å². The minimum Gasteiger partial charge on any atom is -0.435 e. The molecule has 0 aliphatic carbocycles. The molecule has 1 N–H and O–H groups in total. The third-order valence-corrected chi connectivity index (χ3v) is 5.27. The number of hydrogen-bond acceptors (Lipinski definition) is 6. The van der Waals surface area contributed by atoms with Gasteiger partial charge < -0.3 is 10.1 Å². The predicted octanol–water partition coefficient (Wildman–Crippen LogP) is 6.29. The molecular formula is C21H16F6N4O2S. The number of aromatic nitrogens is 3. The summed E-state index contributed by atoms with van der Waals surface area (Å²) in [5.41, 5.74) is -3.62. The summed E-state index contributed by atoms with van der Waals surface area (Å²) in [7, 11) is 0. The Morgan fingerprint density at radius 3 is 2.29 bits per heavy atom. The van der Waals surface area contributed by atoms with E-state index in [1.54, 1.807) is 24.5 Å². The Morgan fingerprint density at radius 2 is 1.71 bits per heavy atom. The second kappa shape index (κ2) is 9.49. The SMILES string of the molecule is CSc1cccc(NC(=O)c2c(Oc3ccc(C(F)(F)F)nc3C)nnc(C(F)(F)F)c2C)c1. The van der Waals surface area contributed by atoms with Gasteiger partial charge >= 0.3 is 12.4 Å². The number of hydrogen-bond donors (Lipinski definition) is 1. The van der Waals surface area contributed by atoms with Gasteiger partial charge in [0, 0.05) is 10.6 Å². The van der Waals surface area contributed by atoms with Crippen LogP contribution < -0.4 is 10.1 Å². The number of ether oxygens (including phenoxy) is 1. The molecule has 0 aliphatic heterocycles. The van der Waals surface area contributed by atoms with Crippen LogP contribution in [0.3, 0.4) is 0 Å². The van der Waals surface area contributed by atoms with E-state index in [0.717, 1.165) is 17.9 Å². The maximum Gasteiger partial charge on any atom is 0.435 e. The number of anilines is 1. The average Bonchev–Trinajstić information content (AvgIpc) is 2.73. The van der Waals surface area contributed by atoms with Crippen LogP contribution in [-0.4, -0.2) is 27.3 Å². The van der Waals surface area contributed by atoms with Gasteiger partial charge in [-0.25, -0.2) is 4.98 Å². The van der Waals surface area contributed by atoms with E-state index < -0.39 is 46.7 Å². The number of thioether (sulfide) groups is 1. The molecule has 0 radical (unpaired) electrons. The summed E-state index contributed by atoms with van der Waals surface area (Å²) in [6, 6.07) is 8.15. The van der Waals surface area contributed by atoms with Crippen LogP contribution in [0.4, 0.5) is 32.0 Å². The monoisotopic (exact) mass is 502 g/mol. The zero-order valence-electron chi connectivity index (χ0n) is 17.8. The molecule has 2 aromatic heterocycles. The lowest BCUT2D eigenvalue weighted by Crippen LogP contribution is -2.21. The lowest BCUT2D eigenvalue weighted by atomic mass is 10.1. The van der Waals surface area contributed by atoms with Crippen LogP contribution >= 0.6 is 11.8 Å². The van der Waals surface area contributed by atoms with Crippen LogP contribution in [0.5, 0.6) is 11.6 Å². The lowest BCUT2D eigenvalue weighted by molar-refractivity contribution is -0.142. The molecule has 0 aliphatic rings. The fourth-order valence-corrected chi connectivity index (χ4v) is 3.38. The normalized spacial score (nSPS) is 11.9. The van der Waals surface area contributed by atoms with Crippen LogP contribution in [0.1, 0.15) is 33.0 Å². The molecule has 0 bridgehead atoms. The molecule has 0 saturated heterocycles. The van der Waals surface area contributed by atoms with Crippen molar-refractivity contribution in [1.29, 1.82) is 0 Å². The summed E-state index contributed by atoms with van der Waals surface area (Å²) < 4.78 is 84.3. The first-order valence-electron chi connectivity index (χ1n) is 9.44. The van der Waals surface area contributed by atoms with Gasteiger partial charge in [0.2, 0.25) is 0 Å². The number of nitrogens with zero attached hydrogens (tertiary/aromatic N) is 3. The first-order valence-corrected chi connectivity index (χ1v) is 10.7. The molecule has 0 unspecified atom stereocenters. The van der Waals surface area contributed by atoms with Gasteiger partial charge in [0.1, 0.15) is 11.3 Å². The lowest BCUT2D eigenvalue weighted by Gasteiger charge is -2.17. The number of aryl methyl sites for hydroxylation is 1. The molecule has 0 spiro atoms. The summed E-state index contributed by atoms with van der Waals surface area (Å²) in [5.74, 6) is -1.82. The number of carbonyl (C=O) groups is 1. The first-order chi connectivity index (χ1) is 15.8. The Balaban J connectivity index is 2.05. The molecule has 0 saturated carbocycles. The van der Waals surface area contributed by atoms with Crippen LogP contribution in [0.15, 0.2) is 41.3 Å². The number of amides is 1. The van der Waals surface area contributed by atoms with Gasteiger partial charge in [-0.05, 0) is 56.0 Å². The van der Waals surface area contributed by atoms with Crippen molar-refractivity contribution in [2.45, 2.75) is 31.1 Å². The van der Waals surface area contributed by atoms with Crippen molar-refractivity contribution in [3.63, 3.8) is 0 Å². The molecule has 0 atom stereocenters. The van der Waals surface area contributed by atoms with E-state index in [-0.39, 0.29) is 11.4 Å². The summed E-state index contributed by atoms with van der Waals surface area (Å²) in [5, 5.41) is 9.02. The quantitative estimate of drug-likeness (QED) is 0.326. The van der Waals surface area contributed by atoms with Crippen molar-refractivity contribution >= 4 is 23.4 Å². The largest absolute Gasteiger partial charge is 0.435 e. The van der Waals surface area contributed by atoms with Gasteiger partial charge in [-0.2, -0.15) is 26.3 Å². The number of rotatable bonds is 5. The Hall–Kier alpha value is -3.35. The zero-order valence-corrected chi connectivity index (χ0v) is 18.6. The zero-order chi connectivity index (χ0) is 25.3. The highest BCUT2D eigenvalue weighted by molar-refractivity contribution is 7.98. The van der Waals surface area contributed by atoms with Gasteiger partial charge in [0.15, 0.2) is 11.4 Å². The molecule has 3 rings (SSSR count). The number of carbonyl (C=O) groups excluding carboxylic acids is 1. The van der Waals surface area contributed by atoms with Crippen molar-refractivity contribution in [3.05, 3.63) is 64.6 Å². The Morgan fingerprint density at radius 1 is 1.00 bits per heavy atom. The van der Waals surface area contributed by atoms with Crippen LogP contribution in [-0.2, 0) is 12.4 Å². The summed E-state index contributed by atoms with van der Waals surface area (Å²) >= 11 is 1.39. The van der Waals surface area contributed by atoms with Gasteiger partial charge in [-0.1, -0.05) is 6.07 Å².